The highest BCUT2D eigenvalue weighted by Crippen LogP contribution is 2.37. The molecule has 0 saturated carbocycles. The van der Waals surface area contributed by atoms with Crippen LogP contribution in [0.4, 0.5) is 5.69 Å². The summed E-state index contributed by atoms with van der Waals surface area (Å²) in [7, 11) is 3.17. The fourth-order valence-corrected chi connectivity index (χ4v) is 3.31. The van der Waals surface area contributed by atoms with Crippen LogP contribution in [-0.2, 0) is 16.0 Å². The Morgan fingerprint density at radius 2 is 1.92 bits per heavy atom. The zero-order valence-electron chi connectivity index (χ0n) is 14.8. The Morgan fingerprint density at radius 3 is 2.62 bits per heavy atom. The number of anilines is 1. The number of hydrogen-bond donors (Lipinski definition) is 1. The van der Waals surface area contributed by atoms with Crippen molar-refractivity contribution in [1.29, 1.82) is 0 Å². The maximum atomic E-state index is 12.8. The normalized spacial score (nSPS) is 15.5. The number of rotatable bonds is 6. The van der Waals surface area contributed by atoms with E-state index in [1.807, 2.05) is 18.2 Å². The van der Waals surface area contributed by atoms with Gasteiger partial charge < -0.3 is 19.5 Å². The van der Waals surface area contributed by atoms with Crippen molar-refractivity contribution < 1.29 is 24.2 Å². The smallest absolute Gasteiger partial charge is 0.312 e. The summed E-state index contributed by atoms with van der Waals surface area (Å²) in [5.74, 6) is -0.302. The van der Waals surface area contributed by atoms with Gasteiger partial charge in [-0.1, -0.05) is 18.2 Å². The minimum atomic E-state index is -0.915. The number of carboxylic acid groups (broad SMARTS) is 1. The first kappa shape index (κ1) is 17.8. The fraction of sp³-hybridized carbons (Fsp3) is 0.300. The molecule has 1 N–H and O–H groups in total. The van der Waals surface area contributed by atoms with Crippen LogP contribution in [0.1, 0.15) is 23.5 Å². The number of para-hydroxylation sites is 1. The molecule has 2 aromatic carbocycles. The van der Waals surface area contributed by atoms with Crippen molar-refractivity contribution in [2.75, 3.05) is 25.7 Å². The molecule has 3 rings (SSSR count). The maximum absolute atomic E-state index is 12.8. The van der Waals surface area contributed by atoms with Gasteiger partial charge in [0, 0.05) is 18.7 Å². The molecule has 1 atom stereocenters. The van der Waals surface area contributed by atoms with Crippen molar-refractivity contribution in [3.63, 3.8) is 0 Å². The van der Waals surface area contributed by atoms with E-state index in [4.69, 9.17) is 9.47 Å². The van der Waals surface area contributed by atoms with Crippen LogP contribution in [0.3, 0.4) is 0 Å². The highest BCUT2D eigenvalue weighted by atomic mass is 16.5. The minimum Gasteiger partial charge on any atom is -0.497 e. The van der Waals surface area contributed by atoms with Gasteiger partial charge in [0.2, 0.25) is 5.91 Å². The number of carbonyl (C=O) groups is 2. The summed E-state index contributed by atoms with van der Waals surface area (Å²) in [6.45, 7) is 0.169. The van der Waals surface area contributed by atoms with E-state index in [-0.39, 0.29) is 18.9 Å². The number of carbonyl (C=O) groups excluding carboxylic acids is 1. The average molecular weight is 355 g/mol. The standard InChI is InChI=1S/C20H21NO5/c1-25-14-8-9-18(26-2)13(11-14)7-10-19(22)21-12-16(20(23)24)15-5-3-4-6-17(15)21/h3-6,8-9,11,16H,7,10,12H2,1-2H3,(H,23,24). The molecule has 1 aliphatic rings. The van der Waals surface area contributed by atoms with Crippen LogP contribution in [-0.4, -0.2) is 37.7 Å². The zero-order chi connectivity index (χ0) is 18.7. The molecular formula is C20H21NO5. The van der Waals surface area contributed by atoms with E-state index >= 15 is 0 Å². The molecule has 136 valence electrons. The van der Waals surface area contributed by atoms with Gasteiger partial charge in [0.15, 0.2) is 0 Å². The Balaban J connectivity index is 1.76. The second-order valence-corrected chi connectivity index (χ2v) is 6.13. The second kappa shape index (κ2) is 7.47. The van der Waals surface area contributed by atoms with Crippen molar-refractivity contribution in [2.45, 2.75) is 18.8 Å². The van der Waals surface area contributed by atoms with E-state index in [0.717, 1.165) is 5.56 Å². The van der Waals surface area contributed by atoms with Crippen LogP contribution in [0.25, 0.3) is 0 Å². The van der Waals surface area contributed by atoms with E-state index in [2.05, 4.69) is 0 Å². The van der Waals surface area contributed by atoms with E-state index in [1.165, 1.54) is 0 Å². The molecular weight excluding hydrogens is 334 g/mol. The van der Waals surface area contributed by atoms with Crippen molar-refractivity contribution >= 4 is 17.6 Å². The topological polar surface area (TPSA) is 76.1 Å². The molecule has 1 unspecified atom stereocenters. The number of aliphatic carboxylic acids is 1. The molecule has 0 bridgehead atoms. The molecule has 0 aromatic heterocycles. The van der Waals surface area contributed by atoms with E-state index in [1.54, 1.807) is 43.4 Å². The lowest BCUT2D eigenvalue weighted by Gasteiger charge is -2.18. The Hall–Kier alpha value is -3.02. The van der Waals surface area contributed by atoms with Gasteiger partial charge in [-0.3, -0.25) is 9.59 Å². The fourth-order valence-electron chi connectivity index (χ4n) is 3.31. The van der Waals surface area contributed by atoms with Crippen molar-refractivity contribution in [1.82, 2.24) is 0 Å². The molecule has 26 heavy (non-hydrogen) atoms. The van der Waals surface area contributed by atoms with Crippen molar-refractivity contribution in [3.8, 4) is 11.5 Å². The molecule has 0 saturated heterocycles. The number of carboxylic acids is 1. The number of benzene rings is 2. The number of hydrogen-bond acceptors (Lipinski definition) is 4. The highest BCUT2D eigenvalue weighted by molar-refractivity contribution is 5.99. The molecule has 0 fully saturated rings. The van der Waals surface area contributed by atoms with Crippen molar-refractivity contribution in [2.24, 2.45) is 0 Å². The average Bonchev–Trinajstić information content (AvgIpc) is 3.06. The van der Waals surface area contributed by atoms with Crippen molar-refractivity contribution in [3.05, 3.63) is 53.6 Å². The Morgan fingerprint density at radius 1 is 1.15 bits per heavy atom. The molecule has 1 heterocycles. The summed E-state index contributed by atoms with van der Waals surface area (Å²) in [4.78, 5) is 25.8. The summed E-state index contributed by atoms with van der Waals surface area (Å²) >= 11 is 0. The minimum absolute atomic E-state index is 0.105. The van der Waals surface area contributed by atoms with Crippen LogP contribution in [0.2, 0.25) is 0 Å². The van der Waals surface area contributed by atoms with Crippen LogP contribution in [0.5, 0.6) is 11.5 Å². The third-order valence-corrected chi connectivity index (χ3v) is 4.66. The summed E-state index contributed by atoms with van der Waals surface area (Å²) in [6, 6.07) is 12.6. The second-order valence-electron chi connectivity index (χ2n) is 6.13. The molecule has 0 spiro atoms. The maximum Gasteiger partial charge on any atom is 0.312 e. The Bertz CT molecular complexity index is 833. The predicted octanol–water partition coefficient (Wildman–Crippen LogP) is 2.85. The SMILES string of the molecule is COc1ccc(OC)c(CCC(=O)N2CC(C(=O)O)c3ccccc32)c1. The van der Waals surface area contributed by atoms with Gasteiger partial charge in [-0.25, -0.2) is 0 Å². The molecule has 6 nitrogen and oxygen atoms in total. The van der Waals surface area contributed by atoms with E-state index in [9.17, 15) is 14.7 Å². The first-order valence-electron chi connectivity index (χ1n) is 8.38. The number of nitrogens with zero attached hydrogens (tertiary/aromatic N) is 1. The number of fused-ring (bicyclic) bond motifs is 1. The first-order valence-corrected chi connectivity index (χ1v) is 8.38. The van der Waals surface area contributed by atoms with Gasteiger partial charge in [0.05, 0.1) is 14.2 Å². The third-order valence-electron chi connectivity index (χ3n) is 4.66. The molecule has 0 aliphatic carbocycles. The lowest BCUT2D eigenvalue weighted by Crippen LogP contribution is -2.31. The summed E-state index contributed by atoms with van der Waals surface area (Å²) < 4.78 is 10.6. The summed E-state index contributed by atoms with van der Waals surface area (Å²) in [6.07, 6.45) is 0.736. The number of amides is 1. The molecule has 6 heteroatoms. The number of aryl methyl sites for hydroxylation is 1. The van der Waals surface area contributed by atoms with Crippen LogP contribution in [0.15, 0.2) is 42.5 Å². The Labute approximate surface area is 152 Å². The molecule has 1 amide bonds. The first-order chi connectivity index (χ1) is 12.5. The summed E-state index contributed by atoms with van der Waals surface area (Å²) in [5, 5.41) is 9.43. The van der Waals surface area contributed by atoms with Gasteiger partial charge in [-0.05, 0) is 41.8 Å². The van der Waals surface area contributed by atoms with Gasteiger partial charge in [0.1, 0.15) is 17.4 Å². The van der Waals surface area contributed by atoms with Gasteiger partial charge in [-0.2, -0.15) is 0 Å². The van der Waals surface area contributed by atoms with Crippen LogP contribution >= 0.6 is 0 Å². The van der Waals surface area contributed by atoms with Crippen LogP contribution < -0.4 is 14.4 Å². The molecule has 1 aliphatic heterocycles. The number of methoxy groups -OCH3 is 2. The summed E-state index contributed by atoms with van der Waals surface area (Å²) in [5.41, 5.74) is 2.25. The highest BCUT2D eigenvalue weighted by Gasteiger charge is 2.35. The van der Waals surface area contributed by atoms with Gasteiger partial charge in [0.25, 0.3) is 0 Å². The lowest BCUT2D eigenvalue weighted by atomic mass is 10.0. The third kappa shape index (κ3) is 3.35. The van der Waals surface area contributed by atoms with E-state index in [0.29, 0.717) is 29.2 Å². The van der Waals surface area contributed by atoms with Gasteiger partial charge in [-0.15, -0.1) is 0 Å². The van der Waals surface area contributed by atoms with Gasteiger partial charge >= 0.3 is 5.97 Å². The number of ether oxygens (including phenoxy) is 2. The monoisotopic (exact) mass is 355 g/mol. The zero-order valence-corrected chi connectivity index (χ0v) is 14.8. The van der Waals surface area contributed by atoms with E-state index < -0.39 is 11.9 Å². The Kier molecular flexibility index (Phi) is 5.11. The molecule has 0 radical (unpaired) electrons. The molecule has 2 aromatic rings. The largest absolute Gasteiger partial charge is 0.497 e. The van der Waals surface area contributed by atoms with Crippen LogP contribution in [0, 0.1) is 0 Å². The lowest BCUT2D eigenvalue weighted by molar-refractivity contribution is -0.138. The quantitative estimate of drug-likeness (QED) is 0.862. The predicted molar refractivity (Wildman–Crippen MR) is 97.0 cm³/mol.